The zero-order valence-electron chi connectivity index (χ0n) is 9.11. The lowest BCUT2D eigenvalue weighted by Crippen LogP contribution is -2.43. The molecule has 4 N–H and O–H groups in total. The lowest BCUT2D eigenvalue weighted by molar-refractivity contribution is -0.122. The SMILES string of the molecule is CC(N)C(=O)NCC1CCCCC1O.Cl. The molecule has 0 aromatic heterocycles. The van der Waals surface area contributed by atoms with Crippen LogP contribution in [0.3, 0.4) is 0 Å². The van der Waals surface area contributed by atoms with Crippen molar-refractivity contribution >= 4 is 18.3 Å². The Hall–Kier alpha value is -0.320. The maximum atomic E-state index is 11.2. The van der Waals surface area contributed by atoms with E-state index >= 15 is 0 Å². The monoisotopic (exact) mass is 236 g/mol. The molecule has 3 atom stereocenters. The highest BCUT2D eigenvalue weighted by Gasteiger charge is 2.23. The molecule has 1 rings (SSSR count). The standard InChI is InChI=1S/C10H20N2O2.ClH/c1-7(11)10(14)12-6-8-4-2-3-5-9(8)13;/h7-9,13H,2-6,11H2,1H3,(H,12,14);1H. The molecule has 0 radical (unpaired) electrons. The van der Waals surface area contributed by atoms with Gasteiger partial charge in [-0.15, -0.1) is 12.4 Å². The van der Waals surface area contributed by atoms with Gasteiger partial charge in [0.25, 0.3) is 0 Å². The Labute approximate surface area is 97.0 Å². The van der Waals surface area contributed by atoms with Gasteiger partial charge < -0.3 is 16.2 Å². The van der Waals surface area contributed by atoms with Crippen LogP contribution in [0.4, 0.5) is 0 Å². The van der Waals surface area contributed by atoms with Crippen LogP contribution in [-0.4, -0.2) is 29.7 Å². The molecule has 0 saturated heterocycles. The number of nitrogens with one attached hydrogen (secondary N) is 1. The molecule has 1 aliphatic rings. The van der Waals surface area contributed by atoms with Crippen LogP contribution in [0.15, 0.2) is 0 Å². The van der Waals surface area contributed by atoms with E-state index in [1.807, 2.05) is 0 Å². The number of rotatable bonds is 3. The lowest BCUT2D eigenvalue weighted by atomic mass is 9.86. The van der Waals surface area contributed by atoms with E-state index in [0.717, 1.165) is 25.7 Å². The number of aliphatic hydroxyl groups is 1. The van der Waals surface area contributed by atoms with E-state index in [1.54, 1.807) is 6.92 Å². The van der Waals surface area contributed by atoms with Crippen LogP contribution in [0.25, 0.3) is 0 Å². The number of hydrogen-bond donors (Lipinski definition) is 3. The van der Waals surface area contributed by atoms with Gasteiger partial charge in [0, 0.05) is 12.5 Å². The molecule has 4 nitrogen and oxygen atoms in total. The Bertz CT molecular complexity index is 200. The van der Waals surface area contributed by atoms with Crippen molar-refractivity contribution in [2.24, 2.45) is 11.7 Å². The van der Waals surface area contributed by atoms with Gasteiger partial charge in [-0.2, -0.15) is 0 Å². The summed E-state index contributed by atoms with van der Waals surface area (Å²) in [5, 5.41) is 12.4. The maximum absolute atomic E-state index is 11.2. The predicted molar refractivity (Wildman–Crippen MR) is 61.9 cm³/mol. The zero-order chi connectivity index (χ0) is 10.6. The van der Waals surface area contributed by atoms with Gasteiger partial charge in [-0.05, 0) is 19.8 Å². The number of halogens is 1. The fourth-order valence-corrected chi connectivity index (χ4v) is 1.82. The molecule has 0 heterocycles. The van der Waals surface area contributed by atoms with E-state index in [4.69, 9.17) is 5.73 Å². The van der Waals surface area contributed by atoms with Gasteiger partial charge in [0.2, 0.25) is 5.91 Å². The molecular weight excluding hydrogens is 216 g/mol. The van der Waals surface area contributed by atoms with Gasteiger partial charge in [-0.25, -0.2) is 0 Å². The van der Waals surface area contributed by atoms with Crippen LogP contribution >= 0.6 is 12.4 Å². The average Bonchev–Trinajstić information content (AvgIpc) is 2.16. The van der Waals surface area contributed by atoms with Crippen LogP contribution in [-0.2, 0) is 4.79 Å². The first kappa shape index (κ1) is 14.7. The number of amides is 1. The third-order valence-corrected chi connectivity index (χ3v) is 2.82. The third kappa shape index (κ3) is 4.82. The first-order valence-corrected chi connectivity index (χ1v) is 5.32. The molecular formula is C10H21ClN2O2. The lowest BCUT2D eigenvalue weighted by Gasteiger charge is -2.27. The molecule has 1 fully saturated rings. The molecule has 0 aromatic carbocycles. The Morgan fingerprint density at radius 1 is 1.53 bits per heavy atom. The van der Waals surface area contributed by atoms with Gasteiger partial charge >= 0.3 is 0 Å². The van der Waals surface area contributed by atoms with Gasteiger partial charge in [0.15, 0.2) is 0 Å². The van der Waals surface area contributed by atoms with Gasteiger partial charge in [0.1, 0.15) is 0 Å². The van der Waals surface area contributed by atoms with Crippen molar-refractivity contribution in [1.82, 2.24) is 5.32 Å². The maximum Gasteiger partial charge on any atom is 0.236 e. The molecule has 1 amide bonds. The van der Waals surface area contributed by atoms with E-state index in [9.17, 15) is 9.90 Å². The fourth-order valence-electron chi connectivity index (χ4n) is 1.82. The minimum absolute atomic E-state index is 0. The summed E-state index contributed by atoms with van der Waals surface area (Å²) in [4.78, 5) is 11.2. The van der Waals surface area contributed by atoms with E-state index in [2.05, 4.69) is 5.32 Å². The number of aliphatic hydroxyl groups excluding tert-OH is 1. The normalized spacial score (nSPS) is 27.7. The van der Waals surface area contributed by atoms with Crippen LogP contribution < -0.4 is 11.1 Å². The summed E-state index contributed by atoms with van der Waals surface area (Å²) in [6, 6.07) is -0.462. The van der Waals surface area contributed by atoms with Crippen LogP contribution in [0, 0.1) is 5.92 Å². The minimum Gasteiger partial charge on any atom is -0.393 e. The molecule has 1 saturated carbocycles. The molecule has 5 heteroatoms. The molecule has 90 valence electrons. The zero-order valence-corrected chi connectivity index (χ0v) is 9.93. The highest BCUT2D eigenvalue weighted by atomic mass is 35.5. The predicted octanol–water partition coefficient (Wildman–Crippen LogP) is 0.423. The summed E-state index contributed by atoms with van der Waals surface area (Å²) in [5.41, 5.74) is 5.41. The van der Waals surface area contributed by atoms with Crippen molar-refractivity contribution < 1.29 is 9.90 Å². The molecule has 0 aromatic rings. The van der Waals surface area contributed by atoms with Crippen LogP contribution in [0.1, 0.15) is 32.6 Å². The van der Waals surface area contributed by atoms with Crippen LogP contribution in [0.5, 0.6) is 0 Å². The van der Waals surface area contributed by atoms with Gasteiger partial charge in [0.05, 0.1) is 12.1 Å². The molecule has 15 heavy (non-hydrogen) atoms. The van der Waals surface area contributed by atoms with Crippen molar-refractivity contribution in [3.8, 4) is 0 Å². The van der Waals surface area contributed by atoms with E-state index < -0.39 is 6.04 Å². The summed E-state index contributed by atoms with van der Waals surface area (Å²) in [7, 11) is 0. The number of hydrogen-bond acceptors (Lipinski definition) is 3. The van der Waals surface area contributed by atoms with Crippen molar-refractivity contribution in [1.29, 1.82) is 0 Å². The fraction of sp³-hybridized carbons (Fsp3) is 0.900. The third-order valence-electron chi connectivity index (χ3n) is 2.82. The second-order valence-electron chi connectivity index (χ2n) is 4.15. The van der Waals surface area contributed by atoms with Crippen molar-refractivity contribution in [3.63, 3.8) is 0 Å². The van der Waals surface area contributed by atoms with Gasteiger partial charge in [-0.1, -0.05) is 12.8 Å². The topological polar surface area (TPSA) is 75.4 Å². The summed E-state index contributed by atoms with van der Waals surface area (Å²) in [5.74, 6) is 0.0780. The number of carbonyl (C=O) groups is 1. The molecule has 0 aliphatic heterocycles. The second-order valence-corrected chi connectivity index (χ2v) is 4.15. The Morgan fingerprint density at radius 3 is 2.67 bits per heavy atom. The quantitative estimate of drug-likeness (QED) is 0.665. The van der Waals surface area contributed by atoms with E-state index in [1.165, 1.54) is 0 Å². The Balaban J connectivity index is 0.00000196. The molecule has 1 aliphatic carbocycles. The van der Waals surface area contributed by atoms with Crippen molar-refractivity contribution in [3.05, 3.63) is 0 Å². The average molecular weight is 237 g/mol. The van der Waals surface area contributed by atoms with Crippen molar-refractivity contribution in [2.75, 3.05) is 6.54 Å². The molecule has 3 unspecified atom stereocenters. The van der Waals surface area contributed by atoms with E-state index in [0.29, 0.717) is 6.54 Å². The Morgan fingerprint density at radius 2 is 2.13 bits per heavy atom. The first-order valence-electron chi connectivity index (χ1n) is 5.32. The number of carbonyl (C=O) groups excluding carboxylic acids is 1. The second kappa shape index (κ2) is 7.04. The molecule has 0 spiro atoms. The Kier molecular flexibility index (Phi) is 6.89. The van der Waals surface area contributed by atoms with Gasteiger partial charge in [-0.3, -0.25) is 4.79 Å². The summed E-state index contributed by atoms with van der Waals surface area (Å²) >= 11 is 0. The number of nitrogens with two attached hydrogens (primary N) is 1. The summed E-state index contributed by atoms with van der Waals surface area (Å²) < 4.78 is 0. The largest absolute Gasteiger partial charge is 0.393 e. The highest BCUT2D eigenvalue weighted by Crippen LogP contribution is 2.23. The highest BCUT2D eigenvalue weighted by molar-refractivity contribution is 5.85. The summed E-state index contributed by atoms with van der Waals surface area (Å²) in [6.45, 7) is 2.22. The first-order chi connectivity index (χ1) is 6.61. The smallest absolute Gasteiger partial charge is 0.236 e. The van der Waals surface area contributed by atoms with Crippen LogP contribution in [0.2, 0.25) is 0 Å². The summed E-state index contributed by atoms with van der Waals surface area (Å²) in [6.07, 6.45) is 3.85. The molecule has 0 bridgehead atoms. The minimum atomic E-state index is -0.462. The van der Waals surface area contributed by atoms with E-state index in [-0.39, 0.29) is 30.3 Å². The van der Waals surface area contributed by atoms with Crippen molar-refractivity contribution in [2.45, 2.75) is 44.8 Å².